The van der Waals surface area contributed by atoms with Crippen LogP contribution in [0.4, 0.5) is 0 Å². The van der Waals surface area contributed by atoms with Crippen LogP contribution in [0.1, 0.15) is 35.3 Å². The summed E-state index contributed by atoms with van der Waals surface area (Å²) in [6, 6.07) is 17.1. The summed E-state index contributed by atoms with van der Waals surface area (Å²) in [5, 5.41) is 0. The molecule has 9 heteroatoms. The fourth-order valence-corrected chi connectivity index (χ4v) is 3.98. The number of benzene rings is 3. The van der Waals surface area contributed by atoms with Gasteiger partial charge in [-0.15, -0.1) is 0 Å². The zero-order chi connectivity index (χ0) is 25.7. The number of hydrogen-bond donors (Lipinski definition) is 0. The van der Waals surface area contributed by atoms with Crippen LogP contribution in [-0.2, 0) is 9.53 Å². The normalized spacial score (nSPS) is 13.8. The minimum atomic E-state index is -0.623. The topological polar surface area (TPSA) is 83.4 Å². The maximum Gasteiger partial charge on any atom is 0.363 e. The van der Waals surface area contributed by atoms with Crippen molar-refractivity contribution in [3.05, 3.63) is 92.0 Å². The molecular formula is C27H21Br2NO6. The van der Waals surface area contributed by atoms with E-state index in [9.17, 15) is 9.59 Å². The number of halogens is 2. The van der Waals surface area contributed by atoms with Crippen molar-refractivity contribution in [2.24, 2.45) is 4.99 Å². The Balaban J connectivity index is 1.64. The van der Waals surface area contributed by atoms with E-state index in [1.807, 2.05) is 13.8 Å². The van der Waals surface area contributed by atoms with E-state index in [-0.39, 0.29) is 17.3 Å². The molecule has 0 fully saturated rings. The molecule has 0 saturated carbocycles. The van der Waals surface area contributed by atoms with Crippen molar-refractivity contribution in [2.45, 2.75) is 13.8 Å². The quantitative estimate of drug-likeness (QED) is 0.162. The molecule has 0 aliphatic carbocycles. The Morgan fingerprint density at radius 2 is 1.56 bits per heavy atom. The summed E-state index contributed by atoms with van der Waals surface area (Å²) in [6.07, 6.45) is 1.52. The molecule has 184 valence electrons. The predicted molar refractivity (Wildman–Crippen MR) is 143 cm³/mol. The van der Waals surface area contributed by atoms with Gasteiger partial charge in [0.2, 0.25) is 5.90 Å². The average molecular weight is 615 g/mol. The number of esters is 2. The summed E-state index contributed by atoms with van der Waals surface area (Å²) >= 11 is 6.76. The minimum Gasteiger partial charge on any atom is -0.490 e. The molecule has 0 aromatic heterocycles. The van der Waals surface area contributed by atoms with Crippen LogP contribution in [0.3, 0.4) is 0 Å². The Morgan fingerprint density at radius 1 is 0.889 bits per heavy atom. The van der Waals surface area contributed by atoms with Gasteiger partial charge in [-0.25, -0.2) is 14.6 Å². The standard InChI is InChI=1S/C27H21Br2NO6/c1-3-33-23-11-7-17(15-24(23)34-4-2)25-30-21(27(32)36-25)14-18-13-20(29)10-12-22(18)35-26(31)16-5-8-19(28)9-6-16/h5-15H,3-4H2,1-2H3/b21-14-. The van der Waals surface area contributed by atoms with E-state index in [1.54, 1.807) is 60.7 Å². The molecule has 0 N–H and O–H groups in total. The summed E-state index contributed by atoms with van der Waals surface area (Å²) in [5.74, 6) is 0.383. The third kappa shape index (κ3) is 6.03. The van der Waals surface area contributed by atoms with Crippen LogP contribution in [0, 0.1) is 0 Å². The molecule has 0 atom stereocenters. The first-order valence-corrected chi connectivity index (χ1v) is 12.7. The Bertz CT molecular complexity index is 1370. The number of ether oxygens (including phenoxy) is 4. The maximum absolute atomic E-state index is 12.6. The highest BCUT2D eigenvalue weighted by Gasteiger charge is 2.26. The lowest BCUT2D eigenvalue weighted by Crippen LogP contribution is -2.09. The van der Waals surface area contributed by atoms with Crippen LogP contribution in [-0.4, -0.2) is 31.1 Å². The second kappa shape index (κ2) is 11.5. The predicted octanol–water partition coefficient (Wildman–Crippen LogP) is 6.57. The van der Waals surface area contributed by atoms with Gasteiger partial charge in [-0.2, -0.15) is 0 Å². The van der Waals surface area contributed by atoms with Crippen molar-refractivity contribution < 1.29 is 28.5 Å². The molecule has 0 radical (unpaired) electrons. The first-order chi connectivity index (χ1) is 17.4. The van der Waals surface area contributed by atoms with Gasteiger partial charge in [-0.1, -0.05) is 31.9 Å². The van der Waals surface area contributed by atoms with Crippen molar-refractivity contribution in [3.63, 3.8) is 0 Å². The molecule has 1 heterocycles. The number of rotatable bonds is 8. The second-order valence-electron chi connectivity index (χ2n) is 7.44. The number of carbonyl (C=O) groups excluding carboxylic acids is 2. The number of carbonyl (C=O) groups is 2. The molecule has 1 aliphatic rings. The van der Waals surface area contributed by atoms with Gasteiger partial charge in [0.25, 0.3) is 0 Å². The molecule has 7 nitrogen and oxygen atoms in total. The van der Waals surface area contributed by atoms with E-state index in [0.29, 0.717) is 41.4 Å². The second-order valence-corrected chi connectivity index (χ2v) is 9.27. The third-order valence-electron chi connectivity index (χ3n) is 4.96. The molecule has 0 bridgehead atoms. The van der Waals surface area contributed by atoms with Gasteiger partial charge < -0.3 is 18.9 Å². The van der Waals surface area contributed by atoms with Gasteiger partial charge in [0.15, 0.2) is 17.2 Å². The Hall–Kier alpha value is -3.43. The maximum atomic E-state index is 12.6. The third-order valence-corrected chi connectivity index (χ3v) is 5.98. The van der Waals surface area contributed by atoms with E-state index >= 15 is 0 Å². The molecular weight excluding hydrogens is 594 g/mol. The summed E-state index contributed by atoms with van der Waals surface area (Å²) in [5.41, 5.74) is 1.50. The average Bonchev–Trinajstić information content (AvgIpc) is 3.22. The Labute approximate surface area is 225 Å². The highest BCUT2D eigenvalue weighted by atomic mass is 79.9. The first-order valence-electron chi connectivity index (χ1n) is 11.1. The lowest BCUT2D eigenvalue weighted by atomic mass is 10.1. The van der Waals surface area contributed by atoms with Crippen LogP contribution in [0.15, 0.2) is 80.3 Å². The molecule has 0 saturated heterocycles. The zero-order valence-corrected chi connectivity index (χ0v) is 22.6. The fraction of sp³-hybridized carbons (Fsp3) is 0.148. The largest absolute Gasteiger partial charge is 0.490 e. The van der Waals surface area contributed by atoms with Gasteiger partial charge in [0, 0.05) is 20.1 Å². The number of cyclic esters (lactones) is 1. The molecule has 3 aromatic rings. The van der Waals surface area contributed by atoms with Gasteiger partial charge in [0.05, 0.1) is 18.8 Å². The molecule has 1 aliphatic heterocycles. The molecule has 0 spiro atoms. The van der Waals surface area contributed by atoms with Crippen molar-refractivity contribution in [1.82, 2.24) is 0 Å². The van der Waals surface area contributed by atoms with E-state index in [4.69, 9.17) is 18.9 Å². The van der Waals surface area contributed by atoms with Gasteiger partial charge in [-0.3, -0.25) is 0 Å². The lowest BCUT2D eigenvalue weighted by Gasteiger charge is -2.11. The molecule has 36 heavy (non-hydrogen) atoms. The molecule has 0 amide bonds. The van der Waals surface area contributed by atoms with Crippen molar-refractivity contribution in [3.8, 4) is 17.2 Å². The van der Waals surface area contributed by atoms with Crippen molar-refractivity contribution >= 4 is 55.8 Å². The van der Waals surface area contributed by atoms with Crippen LogP contribution in [0.25, 0.3) is 6.08 Å². The lowest BCUT2D eigenvalue weighted by molar-refractivity contribution is -0.129. The number of hydrogen-bond acceptors (Lipinski definition) is 7. The van der Waals surface area contributed by atoms with E-state index in [0.717, 1.165) is 8.95 Å². The monoisotopic (exact) mass is 613 g/mol. The Kier molecular flexibility index (Phi) is 8.22. The van der Waals surface area contributed by atoms with Crippen molar-refractivity contribution in [1.29, 1.82) is 0 Å². The minimum absolute atomic E-state index is 0.0656. The molecule has 3 aromatic carbocycles. The van der Waals surface area contributed by atoms with Crippen LogP contribution in [0.2, 0.25) is 0 Å². The van der Waals surface area contributed by atoms with E-state index < -0.39 is 11.9 Å². The SMILES string of the molecule is CCOc1ccc(C2=N/C(=C\c3cc(Br)ccc3OC(=O)c3ccc(Br)cc3)C(=O)O2)cc1OCC. The van der Waals surface area contributed by atoms with Crippen molar-refractivity contribution in [2.75, 3.05) is 13.2 Å². The fourth-order valence-electron chi connectivity index (χ4n) is 3.33. The molecule has 0 unspecified atom stereocenters. The van der Waals surface area contributed by atoms with Gasteiger partial charge in [0.1, 0.15) is 5.75 Å². The summed E-state index contributed by atoms with van der Waals surface area (Å²) in [6.45, 7) is 4.70. The highest BCUT2D eigenvalue weighted by molar-refractivity contribution is 9.10. The van der Waals surface area contributed by atoms with Crippen LogP contribution in [0.5, 0.6) is 17.2 Å². The summed E-state index contributed by atoms with van der Waals surface area (Å²) < 4.78 is 23.9. The van der Waals surface area contributed by atoms with E-state index in [1.165, 1.54) is 6.08 Å². The molecule has 4 rings (SSSR count). The Morgan fingerprint density at radius 3 is 2.28 bits per heavy atom. The summed E-state index contributed by atoms with van der Waals surface area (Å²) in [4.78, 5) is 29.7. The highest BCUT2D eigenvalue weighted by Crippen LogP contribution is 2.32. The zero-order valence-electron chi connectivity index (χ0n) is 19.4. The number of aliphatic imine (C=N–C) groups is 1. The first kappa shape index (κ1) is 25.7. The van der Waals surface area contributed by atoms with Gasteiger partial charge >= 0.3 is 11.9 Å². The smallest absolute Gasteiger partial charge is 0.363 e. The van der Waals surface area contributed by atoms with Crippen LogP contribution >= 0.6 is 31.9 Å². The van der Waals surface area contributed by atoms with Gasteiger partial charge in [-0.05, 0) is 80.6 Å². The summed E-state index contributed by atoms with van der Waals surface area (Å²) in [7, 11) is 0. The number of nitrogens with zero attached hydrogens (tertiary/aromatic N) is 1. The van der Waals surface area contributed by atoms with Crippen LogP contribution < -0.4 is 14.2 Å². The van der Waals surface area contributed by atoms with E-state index in [2.05, 4.69) is 36.9 Å².